The van der Waals surface area contributed by atoms with E-state index in [9.17, 15) is 4.79 Å². The second-order valence-electron chi connectivity index (χ2n) is 4.04. The first kappa shape index (κ1) is 11.0. The Morgan fingerprint density at radius 1 is 1.25 bits per heavy atom. The summed E-state index contributed by atoms with van der Waals surface area (Å²) in [6, 6.07) is 7.56. The first-order valence-corrected chi connectivity index (χ1v) is 5.34. The van der Waals surface area contributed by atoms with Crippen molar-refractivity contribution in [3.05, 3.63) is 29.8 Å². The summed E-state index contributed by atoms with van der Waals surface area (Å²) in [5, 5.41) is 6.11. The number of carbonyl (C=O) groups is 1. The van der Waals surface area contributed by atoms with Crippen LogP contribution in [-0.2, 0) is 10.3 Å². The van der Waals surface area contributed by atoms with Crippen LogP contribution in [0.2, 0.25) is 0 Å². The highest BCUT2D eigenvalue weighted by atomic mass is 16.5. The molecule has 2 N–H and O–H groups in total. The van der Waals surface area contributed by atoms with Gasteiger partial charge in [0.2, 0.25) is 5.91 Å². The summed E-state index contributed by atoms with van der Waals surface area (Å²) >= 11 is 0. The molecule has 1 heterocycles. The molecule has 2 rings (SSSR count). The molecule has 4 nitrogen and oxygen atoms in total. The third-order valence-electron chi connectivity index (χ3n) is 3.01. The smallest absolute Gasteiger partial charge is 0.244 e. The van der Waals surface area contributed by atoms with Gasteiger partial charge in [0.15, 0.2) is 0 Å². The molecule has 0 aliphatic carbocycles. The Balaban J connectivity index is 2.30. The monoisotopic (exact) mass is 220 g/mol. The van der Waals surface area contributed by atoms with Gasteiger partial charge in [0.25, 0.3) is 0 Å². The predicted molar refractivity (Wildman–Crippen MR) is 61.4 cm³/mol. The van der Waals surface area contributed by atoms with Gasteiger partial charge < -0.3 is 10.1 Å². The summed E-state index contributed by atoms with van der Waals surface area (Å²) in [6.45, 7) is 3.36. The number of benzene rings is 1. The van der Waals surface area contributed by atoms with E-state index in [1.165, 1.54) is 0 Å². The normalized spacial score (nSPS) is 25.0. The number of hydrogen-bond acceptors (Lipinski definition) is 3. The largest absolute Gasteiger partial charge is 0.497 e. The third-order valence-corrected chi connectivity index (χ3v) is 3.01. The topological polar surface area (TPSA) is 50.4 Å². The van der Waals surface area contributed by atoms with Crippen molar-refractivity contribution in [3.8, 4) is 5.75 Å². The van der Waals surface area contributed by atoms with Crippen molar-refractivity contribution in [1.82, 2.24) is 10.6 Å². The Bertz CT molecular complexity index is 389. The fourth-order valence-electron chi connectivity index (χ4n) is 1.90. The summed E-state index contributed by atoms with van der Waals surface area (Å²) < 4.78 is 5.10. The highest BCUT2D eigenvalue weighted by Gasteiger charge is 2.36. The van der Waals surface area contributed by atoms with Gasteiger partial charge in [-0.2, -0.15) is 0 Å². The van der Waals surface area contributed by atoms with Crippen LogP contribution in [0.4, 0.5) is 0 Å². The molecule has 86 valence electrons. The van der Waals surface area contributed by atoms with E-state index in [1.54, 1.807) is 7.11 Å². The standard InChI is InChI=1S/C12H16N2O2/c1-12(11(15)13-7-8-14-12)9-3-5-10(16-2)6-4-9/h3-6,14H,7-8H2,1-2H3,(H,13,15). The SMILES string of the molecule is COc1ccc(C2(C)NCCNC2=O)cc1. The maximum atomic E-state index is 11.9. The molecule has 1 aromatic rings. The van der Waals surface area contributed by atoms with Gasteiger partial charge in [0, 0.05) is 13.1 Å². The molecule has 1 fully saturated rings. The second kappa shape index (κ2) is 4.14. The van der Waals surface area contributed by atoms with Crippen molar-refractivity contribution in [2.75, 3.05) is 20.2 Å². The molecule has 0 spiro atoms. The number of methoxy groups -OCH3 is 1. The molecule has 1 aliphatic heterocycles. The van der Waals surface area contributed by atoms with Crippen LogP contribution in [0.5, 0.6) is 5.75 Å². The molecule has 1 aromatic carbocycles. The highest BCUT2D eigenvalue weighted by Crippen LogP contribution is 2.24. The van der Waals surface area contributed by atoms with E-state index in [4.69, 9.17) is 4.74 Å². The highest BCUT2D eigenvalue weighted by molar-refractivity contribution is 5.88. The van der Waals surface area contributed by atoms with Gasteiger partial charge in [-0.3, -0.25) is 10.1 Å². The van der Waals surface area contributed by atoms with Crippen LogP contribution in [-0.4, -0.2) is 26.1 Å². The maximum Gasteiger partial charge on any atom is 0.244 e. The lowest BCUT2D eigenvalue weighted by molar-refractivity contribution is -0.128. The number of nitrogens with one attached hydrogen (secondary N) is 2. The van der Waals surface area contributed by atoms with Crippen molar-refractivity contribution in [2.24, 2.45) is 0 Å². The van der Waals surface area contributed by atoms with E-state index in [0.29, 0.717) is 6.54 Å². The zero-order valence-corrected chi connectivity index (χ0v) is 9.54. The first-order chi connectivity index (χ1) is 7.66. The maximum absolute atomic E-state index is 11.9. The number of hydrogen-bond donors (Lipinski definition) is 2. The molecular formula is C12H16N2O2. The Labute approximate surface area is 95.0 Å². The molecule has 0 radical (unpaired) electrons. The lowest BCUT2D eigenvalue weighted by atomic mass is 9.89. The van der Waals surface area contributed by atoms with Crippen LogP contribution in [0.25, 0.3) is 0 Å². The van der Waals surface area contributed by atoms with Crippen molar-refractivity contribution < 1.29 is 9.53 Å². The number of piperazine rings is 1. The van der Waals surface area contributed by atoms with E-state index >= 15 is 0 Å². The summed E-state index contributed by atoms with van der Waals surface area (Å²) in [5.74, 6) is 0.812. The average molecular weight is 220 g/mol. The van der Waals surface area contributed by atoms with Gasteiger partial charge in [-0.05, 0) is 24.6 Å². The lowest BCUT2D eigenvalue weighted by Crippen LogP contribution is -2.59. The first-order valence-electron chi connectivity index (χ1n) is 5.34. The van der Waals surface area contributed by atoms with Crippen LogP contribution in [0.1, 0.15) is 12.5 Å². The van der Waals surface area contributed by atoms with Crippen LogP contribution in [0.3, 0.4) is 0 Å². The van der Waals surface area contributed by atoms with Crippen LogP contribution < -0.4 is 15.4 Å². The van der Waals surface area contributed by atoms with Crippen molar-refractivity contribution >= 4 is 5.91 Å². The quantitative estimate of drug-likeness (QED) is 0.768. The minimum Gasteiger partial charge on any atom is -0.497 e. The zero-order valence-electron chi connectivity index (χ0n) is 9.54. The van der Waals surface area contributed by atoms with E-state index < -0.39 is 5.54 Å². The molecule has 0 saturated carbocycles. The number of ether oxygens (including phenoxy) is 1. The summed E-state index contributed by atoms with van der Waals surface area (Å²) in [4.78, 5) is 11.9. The molecule has 0 aromatic heterocycles. The molecule has 1 atom stereocenters. The zero-order chi connectivity index (χ0) is 11.6. The summed E-state index contributed by atoms with van der Waals surface area (Å²) in [5.41, 5.74) is 0.315. The molecule has 1 saturated heterocycles. The van der Waals surface area contributed by atoms with E-state index in [0.717, 1.165) is 17.9 Å². The van der Waals surface area contributed by atoms with Gasteiger partial charge in [0.1, 0.15) is 11.3 Å². The summed E-state index contributed by atoms with van der Waals surface area (Å²) in [6.07, 6.45) is 0. The minimum absolute atomic E-state index is 0.0175. The fraction of sp³-hybridized carbons (Fsp3) is 0.417. The van der Waals surface area contributed by atoms with Gasteiger partial charge in [-0.15, -0.1) is 0 Å². The van der Waals surface area contributed by atoms with E-state index in [-0.39, 0.29) is 5.91 Å². The van der Waals surface area contributed by atoms with Crippen LogP contribution in [0, 0.1) is 0 Å². The Morgan fingerprint density at radius 3 is 2.50 bits per heavy atom. The van der Waals surface area contributed by atoms with Crippen LogP contribution in [0.15, 0.2) is 24.3 Å². The molecule has 1 aliphatic rings. The molecule has 0 bridgehead atoms. The molecule has 1 amide bonds. The second-order valence-corrected chi connectivity index (χ2v) is 4.04. The van der Waals surface area contributed by atoms with Gasteiger partial charge >= 0.3 is 0 Å². The van der Waals surface area contributed by atoms with Gasteiger partial charge in [-0.25, -0.2) is 0 Å². The number of rotatable bonds is 2. The third kappa shape index (κ3) is 1.76. The van der Waals surface area contributed by atoms with Gasteiger partial charge in [-0.1, -0.05) is 12.1 Å². The lowest BCUT2D eigenvalue weighted by Gasteiger charge is -2.34. The number of amides is 1. The van der Waals surface area contributed by atoms with Crippen molar-refractivity contribution in [3.63, 3.8) is 0 Å². The molecule has 4 heteroatoms. The molecular weight excluding hydrogens is 204 g/mol. The average Bonchev–Trinajstić information content (AvgIpc) is 2.33. The van der Waals surface area contributed by atoms with Crippen molar-refractivity contribution in [2.45, 2.75) is 12.5 Å². The Kier molecular flexibility index (Phi) is 2.83. The van der Waals surface area contributed by atoms with Crippen molar-refractivity contribution in [1.29, 1.82) is 0 Å². The van der Waals surface area contributed by atoms with E-state index in [1.807, 2.05) is 31.2 Å². The van der Waals surface area contributed by atoms with Crippen LogP contribution >= 0.6 is 0 Å². The van der Waals surface area contributed by atoms with Gasteiger partial charge in [0.05, 0.1) is 7.11 Å². The number of carbonyl (C=O) groups excluding carboxylic acids is 1. The fourth-order valence-corrected chi connectivity index (χ4v) is 1.90. The minimum atomic E-state index is -0.634. The predicted octanol–water partition coefficient (Wildman–Crippen LogP) is 0.630. The molecule has 1 unspecified atom stereocenters. The van der Waals surface area contributed by atoms with E-state index in [2.05, 4.69) is 10.6 Å². The molecule has 16 heavy (non-hydrogen) atoms. The Hall–Kier alpha value is -1.55. The summed E-state index contributed by atoms with van der Waals surface area (Å²) in [7, 11) is 1.63. The Morgan fingerprint density at radius 2 is 1.94 bits per heavy atom.